The van der Waals surface area contributed by atoms with Crippen molar-refractivity contribution in [3.05, 3.63) is 28.5 Å². The number of hydrogen-bond donors (Lipinski definition) is 1. The Bertz CT molecular complexity index is 466. The second kappa shape index (κ2) is 5.71. The van der Waals surface area contributed by atoms with E-state index in [0.717, 1.165) is 5.75 Å². The SMILES string of the molecule is O=C(O)C1CSCCN1C(=O)c1ccc(Br)nc1. The lowest BCUT2D eigenvalue weighted by Gasteiger charge is -2.32. The molecule has 1 saturated heterocycles. The molecule has 1 N–H and O–H groups in total. The molecule has 0 aliphatic carbocycles. The molecule has 0 aromatic carbocycles. The van der Waals surface area contributed by atoms with Gasteiger partial charge in [-0.25, -0.2) is 9.78 Å². The van der Waals surface area contributed by atoms with Crippen LogP contribution < -0.4 is 0 Å². The number of nitrogens with zero attached hydrogens (tertiary/aromatic N) is 2. The van der Waals surface area contributed by atoms with Gasteiger partial charge >= 0.3 is 5.97 Å². The highest BCUT2D eigenvalue weighted by atomic mass is 79.9. The highest BCUT2D eigenvalue weighted by molar-refractivity contribution is 9.10. The number of thioether (sulfide) groups is 1. The van der Waals surface area contributed by atoms with Crippen LogP contribution in [0.1, 0.15) is 10.4 Å². The number of hydrogen-bond acceptors (Lipinski definition) is 4. The zero-order valence-electron chi connectivity index (χ0n) is 9.38. The van der Waals surface area contributed by atoms with E-state index in [1.807, 2.05) is 0 Å². The van der Waals surface area contributed by atoms with Crippen LogP contribution in [0.4, 0.5) is 0 Å². The van der Waals surface area contributed by atoms with E-state index in [1.165, 1.54) is 11.1 Å². The van der Waals surface area contributed by atoms with Gasteiger partial charge in [0.2, 0.25) is 0 Å². The molecular formula is C11H11BrN2O3S. The molecule has 2 rings (SSSR count). The van der Waals surface area contributed by atoms with E-state index in [9.17, 15) is 9.59 Å². The van der Waals surface area contributed by atoms with Crippen LogP contribution >= 0.6 is 27.7 Å². The predicted molar refractivity (Wildman–Crippen MR) is 71.7 cm³/mol. The first-order valence-corrected chi connectivity index (χ1v) is 7.27. The van der Waals surface area contributed by atoms with Crippen molar-refractivity contribution in [2.24, 2.45) is 0 Å². The third-order valence-corrected chi connectivity index (χ3v) is 4.14. The highest BCUT2D eigenvalue weighted by Gasteiger charge is 2.32. The summed E-state index contributed by atoms with van der Waals surface area (Å²) in [6.45, 7) is 0.455. The van der Waals surface area contributed by atoms with E-state index in [0.29, 0.717) is 22.5 Å². The molecule has 7 heteroatoms. The third kappa shape index (κ3) is 2.84. The van der Waals surface area contributed by atoms with Crippen LogP contribution in [0.25, 0.3) is 0 Å². The molecule has 1 amide bonds. The summed E-state index contributed by atoms with van der Waals surface area (Å²) in [7, 11) is 0. The second-order valence-electron chi connectivity index (χ2n) is 3.80. The van der Waals surface area contributed by atoms with Gasteiger partial charge in [0.05, 0.1) is 5.56 Å². The molecule has 0 radical (unpaired) electrons. The summed E-state index contributed by atoms with van der Waals surface area (Å²) < 4.78 is 0.642. The van der Waals surface area contributed by atoms with Gasteiger partial charge < -0.3 is 10.0 Å². The highest BCUT2D eigenvalue weighted by Crippen LogP contribution is 2.19. The fourth-order valence-electron chi connectivity index (χ4n) is 1.72. The smallest absolute Gasteiger partial charge is 0.327 e. The molecule has 0 saturated carbocycles. The van der Waals surface area contributed by atoms with Crippen molar-refractivity contribution in [2.45, 2.75) is 6.04 Å². The molecule has 1 aromatic heterocycles. The summed E-state index contributed by atoms with van der Waals surface area (Å²) in [6.07, 6.45) is 1.45. The van der Waals surface area contributed by atoms with E-state index in [2.05, 4.69) is 20.9 Å². The molecule has 1 fully saturated rings. The topological polar surface area (TPSA) is 70.5 Å². The minimum atomic E-state index is -0.958. The van der Waals surface area contributed by atoms with E-state index in [-0.39, 0.29) is 5.91 Å². The van der Waals surface area contributed by atoms with Crippen LogP contribution in [0.5, 0.6) is 0 Å². The molecule has 0 bridgehead atoms. The summed E-state index contributed by atoms with van der Waals surface area (Å²) in [5.41, 5.74) is 0.413. The fourth-order valence-corrected chi connectivity index (χ4v) is 2.99. The van der Waals surface area contributed by atoms with Crippen molar-refractivity contribution in [3.8, 4) is 0 Å². The molecule has 0 spiro atoms. The van der Waals surface area contributed by atoms with Crippen LogP contribution in [0.3, 0.4) is 0 Å². The molecule has 1 aromatic rings. The van der Waals surface area contributed by atoms with Gasteiger partial charge in [-0.1, -0.05) is 0 Å². The van der Waals surface area contributed by atoms with Crippen molar-refractivity contribution in [1.29, 1.82) is 0 Å². The lowest BCUT2D eigenvalue weighted by molar-refractivity contribution is -0.141. The molecule has 1 unspecified atom stereocenters. The third-order valence-electron chi connectivity index (χ3n) is 2.65. The Hall–Kier alpha value is -1.08. The minimum absolute atomic E-state index is 0.275. The van der Waals surface area contributed by atoms with E-state index >= 15 is 0 Å². The summed E-state index contributed by atoms with van der Waals surface area (Å²) in [6, 6.07) is 2.56. The number of pyridine rings is 1. The van der Waals surface area contributed by atoms with Crippen molar-refractivity contribution in [3.63, 3.8) is 0 Å². The van der Waals surface area contributed by atoms with Gasteiger partial charge in [0.25, 0.3) is 5.91 Å². The molecule has 1 aliphatic heterocycles. The van der Waals surface area contributed by atoms with E-state index in [1.54, 1.807) is 23.9 Å². The zero-order chi connectivity index (χ0) is 13.1. The first-order chi connectivity index (χ1) is 8.59. The molecule has 96 valence electrons. The molecule has 1 aliphatic rings. The number of carboxylic acid groups (broad SMARTS) is 1. The average Bonchev–Trinajstić information content (AvgIpc) is 2.39. The maximum atomic E-state index is 12.2. The minimum Gasteiger partial charge on any atom is -0.480 e. The van der Waals surface area contributed by atoms with Crippen molar-refractivity contribution in [2.75, 3.05) is 18.1 Å². The number of carboxylic acids is 1. The first-order valence-electron chi connectivity index (χ1n) is 5.32. The summed E-state index contributed by atoms with van der Waals surface area (Å²) in [5, 5.41) is 9.12. The van der Waals surface area contributed by atoms with E-state index < -0.39 is 12.0 Å². The van der Waals surface area contributed by atoms with Gasteiger partial charge in [-0.05, 0) is 28.1 Å². The first kappa shape index (κ1) is 13.4. The van der Waals surface area contributed by atoms with Gasteiger partial charge in [-0.2, -0.15) is 11.8 Å². The number of halogens is 1. The van der Waals surface area contributed by atoms with Gasteiger partial charge in [0, 0.05) is 24.2 Å². The van der Waals surface area contributed by atoms with Crippen LogP contribution in [0.15, 0.2) is 22.9 Å². The molecular weight excluding hydrogens is 320 g/mol. The number of rotatable bonds is 2. The van der Waals surface area contributed by atoms with Gasteiger partial charge in [-0.15, -0.1) is 0 Å². The standard InChI is InChI=1S/C11H11BrN2O3S/c12-9-2-1-7(5-13-9)10(15)14-3-4-18-6-8(14)11(16)17/h1-2,5,8H,3-4,6H2,(H,16,17). The molecule has 18 heavy (non-hydrogen) atoms. The van der Waals surface area contributed by atoms with Crippen LogP contribution in [0, 0.1) is 0 Å². The normalized spacial score (nSPS) is 19.6. The van der Waals surface area contributed by atoms with Gasteiger partial charge in [0.15, 0.2) is 0 Å². The zero-order valence-corrected chi connectivity index (χ0v) is 11.8. The van der Waals surface area contributed by atoms with Crippen molar-refractivity contribution >= 4 is 39.6 Å². The maximum absolute atomic E-state index is 12.2. The largest absolute Gasteiger partial charge is 0.480 e. The summed E-state index contributed by atoms with van der Waals surface area (Å²) >= 11 is 4.74. The Kier molecular flexibility index (Phi) is 4.23. The van der Waals surface area contributed by atoms with Gasteiger partial charge in [-0.3, -0.25) is 4.79 Å². The molecule has 2 heterocycles. The van der Waals surface area contributed by atoms with Gasteiger partial charge in [0.1, 0.15) is 10.6 Å². The molecule has 1 atom stereocenters. The van der Waals surface area contributed by atoms with E-state index in [4.69, 9.17) is 5.11 Å². The number of carbonyl (C=O) groups is 2. The Balaban J connectivity index is 2.20. The number of aromatic nitrogens is 1. The van der Waals surface area contributed by atoms with Crippen LogP contribution in [-0.4, -0.2) is 51.0 Å². The predicted octanol–water partition coefficient (Wildman–Crippen LogP) is 1.49. The lowest BCUT2D eigenvalue weighted by atomic mass is 10.2. The average molecular weight is 331 g/mol. The maximum Gasteiger partial charge on any atom is 0.327 e. The summed E-state index contributed by atoms with van der Waals surface area (Å²) in [5.74, 6) is -0.0341. The Labute approximate surface area is 117 Å². The Morgan fingerprint density at radius 1 is 1.50 bits per heavy atom. The van der Waals surface area contributed by atoms with Crippen molar-refractivity contribution < 1.29 is 14.7 Å². The fraction of sp³-hybridized carbons (Fsp3) is 0.364. The molecule has 5 nitrogen and oxygen atoms in total. The number of aliphatic carboxylic acids is 1. The Morgan fingerprint density at radius 3 is 2.89 bits per heavy atom. The van der Waals surface area contributed by atoms with Crippen LogP contribution in [-0.2, 0) is 4.79 Å². The number of carbonyl (C=O) groups excluding carboxylic acids is 1. The monoisotopic (exact) mass is 330 g/mol. The quantitative estimate of drug-likeness (QED) is 0.832. The second-order valence-corrected chi connectivity index (χ2v) is 5.76. The summed E-state index contributed by atoms with van der Waals surface area (Å²) in [4.78, 5) is 28.7. The van der Waals surface area contributed by atoms with Crippen molar-refractivity contribution in [1.82, 2.24) is 9.88 Å². The lowest BCUT2D eigenvalue weighted by Crippen LogP contribution is -2.50. The number of amides is 1. The van der Waals surface area contributed by atoms with Crippen LogP contribution in [0.2, 0.25) is 0 Å². The Morgan fingerprint density at radius 2 is 2.28 bits per heavy atom.